The molecule has 0 aliphatic heterocycles. The van der Waals surface area contributed by atoms with Crippen LogP contribution in [0.25, 0.3) is 80.3 Å². The first kappa shape index (κ1) is 46.4. The van der Waals surface area contributed by atoms with Crippen LogP contribution in [0.2, 0.25) is 0 Å². The standard InChI is InChI=1S/C44H32N2.C18N12/c1-3-17-37(18-4-1)45(43-23-11-15-35-13-7-9-21-41(35)43)39-29-25-33(26-30-39)34-27-31-40(32-28-34)46(38-19-5-2-6-20-38)44-24-12-16-36-14-8-10-22-42(36)44;1-22-16-9(6-21)27-12-10-11(26-8(5-20)7(4-19)25-10)14-15(13(12)28-16)30-18(24-3)17(23-2)29-14/h1-32H;. The summed E-state index contributed by atoms with van der Waals surface area (Å²) in [6, 6.07) is 74.5. The Balaban J connectivity index is 0.000000178. The summed E-state index contributed by atoms with van der Waals surface area (Å²) in [4.78, 5) is 39.0. The molecule has 0 spiro atoms. The predicted octanol–water partition coefficient (Wildman–Crippen LogP) is 15.4. The zero-order chi connectivity index (χ0) is 52.1. The maximum Gasteiger partial charge on any atom is 0.307 e. The average molecular weight is 973 g/mol. The maximum absolute atomic E-state index is 9.30. The Kier molecular flexibility index (Phi) is 12.3. The zero-order valence-corrected chi connectivity index (χ0v) is 39.7. The minimum Gasteiger partial charge on any atom is -0.370 e. The molecule has 14 heteroatoms. The van der Waals surface area contributed by atoms with E-state index in [0.29, 0.717) is 0 Å². The van der Waals surface area contributed by atoms with Crippen LogP contribution in [0.4, 0.5) is 51.6 Å². The summed E-state index contributed by atoms with van der Waals surface area (Å²) in [7, 11) is 0. The summed E-state index contributed by atoms with van der Waals surface area (Å²) < 4.78 is 0. The molecule has 12 aromatic rings. The Morgan fingerprint density at radius 2 is 0.632 bits per heavy atom. The Hall–Kier alpha value is -11.9. The normalized spacial score (nSPS) is 10.6. The van der Waals surface area contributed by atoms with E-state index in [1.54, 1.807) is 18.2 Å². The van der Waals surface area contributed by atoms with Crippen LogP contribution in [0.15, 0.2) is 194 Å². The molecule has 0 unspecified atom stereocenters. The SMILES string of the molecule is [C-]#[N+]c1nc2c(nc1C#N)c1nc(C#N)c(C#N)nc1c1nc([N+]#[C-])c([N+]#[C-])nc21.c1ccc(N(c2ccc(-c3ccc(N(c4ccccc4)c4cccc5ccccc45)cc3)cc2)c2cccc3ccccc23)cc1. The molecule has 14 nitrogen and oxygen atoms in total. The van der Waals surface area contributed by atoms with Crippen molar-refractivity contribution in [1.82, 2.24) is 29.9 Å². The second-order valence-corrected chi connectivity index (χ2v) is 16.9. The van der Waals surface area contributed by atoms with Gasteiger partial charge in [0.1, 0.15) is 34.8 Å². The van der Waals surface area contributed by atoms with Gasteiger partial charge in [-0.1, -0.05) is 153 Å². The molecule has 0 amide bonds. The maximum atomic E-state index is 9.30. The van der Waals surface area contributed by atoms with Gasteiger partial charge in [-0.3, -0.25) is 0 Å². The van der Waals surface area contributed by atoms with Crippen LogP contribution in [-0.2, 0) is 0 Å². The van der Waals surface area contributed by atoms with Crippen LogP contribution in [0.5, 0.6) is 0 Å². The van der Waals surface area contributed by atoms with Crippen LogP contribution in [0, 0.1) is 53.7 Å². The minimum atomic E-state index is -0.298. The van der Waals surface area contributed by atoms with Gasteiger partial charge in [-0.05, 0) is 82.6 Å². The molecule has 0 aliphatic carbocycles. The summed E-state index contributed by atoms with van der Waals surface area (Å²) in [6.45, 7) is 21.7. The third-order valence-electron chi connectivity index (χ3n) is 12.6. The van der Waals surface area contributed by atoms with E-state index >= 15 is 0 Å². The average Bonchev–Trinajstić information content (AvgIpc) is 3.51. The lowest BCUT2D eigenvalue weighted by Crippen LogP contribution is -2.10. The van der Waals surface area contributed by atoms with E-state index in [2.05, 4.69) is 248 Å². The molecule has 0 saturated carbocycles. The Labute approximate surface area is 434 Å². The summed E-state index contributed by atoms with van der Waals surface area (Å²) in [5, 5.41) is 32.8. The topological polar surface area (TPSA) is 168 Å². The molecular formula is C62H32N14. The molecule has 0 aliphatic rings. The van der Waals surface area contributed by atoms with Gasteiger partial charge < -0.3 is 24.3 Å². The fourth-order valence-corrected chi connectivity index (χ4v) is 9.15. The van der Waals surface area contributed by atoms with E-state index in [1.807, 2.05) is 0 Å². The van der Waals surface area contributed by atoms with Crippen molar-refractivity contribution in [2.75, 3.05) is 9.80 Å². The number of benzene rings is 9. The molecule has 3 aromatic heterocycles. The quantitative estimate of drug-likeness (QED) is 0.110. The lowest BCUT2D eigenvalue weighted by Gasteiger charge is -2.27. The van der Waals surface area contributed by atoms with Gasteiger partial charge >= 0.3 is 5.82 Å². The molecule has 0 bridgehead atoms. The summed E-state index contributed by atoms with van der Waals surface area (Å²) in [5.74, 6) is -0.890. The molecule has 9 aromatic carbocycles. The van der Waals surface area contributed by atoms with Crippen molar-refractivity contribution in [2.24, 2.45) is 0 Å². The molecule has 0 atom stereocenters. The number of nitriles is 3. The number of nitrogens with zero attached hydrogens (tertiary/aromatic N) is 14. The monoisotopic (exact) mass is 972 g/mol. The Morgan fingerprint density at radius 1 is 0.316 bits per heavy atom. The van der Waals surface area contributed by atoms with Gasteiger partial charge in [0, 0.05) is 33.5 Å². The van der Waals surface area contributed by atoms with Crippen LogP contribution < -0.4 is 9.80 Å². The van der Waals surface area contributed by atoms with E-state index < -0.39 is 0 Å². The number of anilines is 6. The van der Waals surface area contributed by atoms with Crippen LogP contribution >= 0.6 is 0 Å². The van der Waals surface area contributed by atoms with Crippen molar-refractivity contribution in [3.05, 3.63) is 245 Å². The van der Waals surface area contributed by atoms with Gasteiger partial charge in [0.15, 0.2) is 17.1 Å². The van der Waals surface area contributed by atoms with Crippen molar-refractivity contribution < 1.29 is 0 Å². The fraction of sp³-hybridized carbons (Fsp3) is 0. The van der Waals surface area contributed by atoms with Crippen molar-refractivity contribution in [3.63, 3.8) is 0 Å². The second kappa shape index (κ2) is 20.1. The number of hydrogen-bond acceptors (Lipinski definition) is 11. The van der Waals surface area contributed by atoms with Gasteiger partial charge in [0.05, 0.1) is 11.4 Å². The first-order valence-electron chi connectivity index (χ1n) is 23.4. The number of fused-ring (bicyclic) bond motifs is 8. The molecule has 12 rings (SSSR count). The van der Waals surface area contributed by atoms with Crippen LogP contribution in [0.1, 0.15) is 17.1 Å². The predicted molar refractivity (Wildman–Crippen MR) is 295 cm³/mol. The number of aromatic nitrogens is 6. The Bertz CT molecular complexity index is 4010. The highest BCUT2D eigenvalue weighted by Gasteiger charge is 2.28. The van der Waals surface area contributed by atoms with Gasteiger partial charge in [-0.2, -0.15) is 15.8 Å². The first-order valence-corrected chi connectivity index (χ1v) is 23.4. The number of hydrogen-bond donors (Lipinski definition) is 0. The molecule has 0 fully saturated rings. The fourth-order valence-electron chi connectivity index (χ4n) is 9.15. The lowest BCUT2D eigenvalue weighted by molar-refractivity contribution is 1.19. The first-order chi connectivity index (χ1) is 37.4. The molecule has 350 valence electrons. The van der Waals surface area contributed by atoms with Gasteiger partial charge in [-0.15, -0.1) is 15.0 Å². The highest BCUT2D eigenvalue weighted by atomic mass is 15.2. The third kappa shape index (κ3) is 8.39. The molecule has 0 radical (unpaired) electrons. The van der Waals surface area contributed by atoms with Gasteiger partial charge in [0.2, 0.25) is 11.0 Å². The summed E-state index contributed by atoms with van der Waals surface area (Å²) in [6.07, 6.45) is 0. The van der Waals surface area contributed by atoms with Crippen molar-refractivity contribution in [3.8, 4) is 29.3 Å². The van der Waals surface area contributed by atoms with E-state index in [4.69, 9.17) is 19.7 Å². The van der Waals surface area contributed by atoms with Crippen molar-refractivity contribution in [2.45, 2.75) is 0 Å². The highest BCUT2D eigenvalue weighted by Crippen LogP contribution is 2.42. The molecule has 0 saturated heterocycles. The zero-order valence-electron chi connectivity index (χ0n) is 39.7. The van der Waals surface area contributed by atoms with Gasteiger partial charge in [0.25, 0.3) is 17.2 Å². The molecular weight excluding hydrogens is 941 g/mol. The van der Waals surface area contributed by atoms with Crippen molar-refractivity contribution in [1.29, 1.82) is 15.8 Å². The Morgan fingerprint density at radius 3 is 1.01 bits per heavy atom. The van der Waals surface area contributed by atoms with Crippen molar-refractivity contribution >= 4 is 106 Å². The highest BCUT2D eigenvalue weighted by molar-refractivity contribution is 6.19. The smallest absolute Gasteiger partial charge is 0.307 e. The summed E-state index contributed by atoms with van der Waals surface area (Å²) >= 11 is 0. The molecule has 76 heavy (non-hydrogen) atoms. The molecule has 3 heterocycles. The second-order valence-electron chi connectivity index (χ2n) is 16.9. The largest absolute Gasteiger partial charge is 0.370 e. The third-order valence-corrected chi connectivity index (χ3v) is 12.6. The summed E-state index contributed by atoms with van der Waals surface area (Å²) in [5.41, 5.74) is 8.33. The van der Waals surface area contributed by atoms with E-state index in [1.165, 1.54) is 32.7 Å². The number of rotatable bonds is 7. The minimum absolute atomic E-state index is 0.000622. The van der Waals surface area contributed by atoms with Crippen LogP contribution in [-0.4, -0.2) is 29.9 Å². The van der Waals surface area contributed by atoms with E-state index in [9.17, 15) is 15.8 Å². The van der Waals surface area contributed by atoms with E-state index in [0.717, 1.165) is 34.1 Å². The van der Waals surface area contributed by atoms with Gasteiger partial charge in [-0.25, -0.2) is 15.0 Å². The van der Waals surface area contributed by atoms with Crippen LogP contribution in [0.3, 0.4) is 0 Å². The van der Waals surface area contributed by atoms with E-state index in [-0.39, 0.29) is 67.6 Å². The molecule has 0 N–H and O–H groups in total. The lowest BCUT2D eigenvalue weighted by atomic mass is 10.0. The number of para-hydroxylation sites is 2.